The Morgan fingerprint density at radius 1 is 1.04 bits per heavy atom. The van der Waals surface area contributed by atoms with Crippen LogP contribution >= 0.6 is 0 Å². The standard InChI is InChI=1S/C18H21N3O2/c1-4-21(5-2)16-10-11-17(19-12-16)18(23)20-15-8-6-14(7-9-15)13(3)22/h6-12H,4-5H2,1-3H3,(H,20,23). The van der Waals surface area contributed by atoms with Crippen LogP contribution in [-0.4, -0.2) is 29.8 Å². The van der Waals surface area contributed by atoms with E-state index in [9.17, 15) is 9.59 Å². The maximum absolute atomic E-state index is 12.2. The van der Waals surface area contributed by atoms with E-state index in [-0.39, 0.29) is 11.7 Å². The number of carbonyl (C=O) groups excluding carboxylic acids is 2. The lowest BCUT2D eigenvalue weighted by atomic mass is 10.1. The smallest absolute Gasteiger partial charge is 0.274 e. The quantitative estimate of drug-likeness (QED) is 0.831. The molecule has 5 heteroatoms. The molecule has 5 nitrogen and oxygen atoms in total. The van der Waals surface area contributed by atoms with E-state index in [2.05, 4.69) is 29.0 Å². The van der Waals surface area contributed by atoms with E-state index in [1.807, 2.05) is 6.07 Å². The fourth-order valence-corrected chi connectivity index (χ4v) is 2.28. The van der Waals surface area contributed by atoms with E-state index in [0.29, 0.717) is 16.9 Å². The number of anilines is 2. The molecule has 0 spiro atoms. The highest BCUT2D eigenvalue weighted by molar-refractivity contribution is 6.03. The summed E-state index contributed by atoms with van der Waals surface area (Å²) in [5, 5.41) is 2.77. The van der Waals surface area contributed by atoms with E-state index in [0.717, 1.165) is 18.8 Å². The van der Waals surface area contributed by atoms with Crippen molar-refractivity contribution in [3.05, 3.63) is 53.9 Å². The number of hydrogen-bond donors (Lipinski definition) is 1. The molecule has 1 aromatic heterocycles. The van der Waals surface area contributed by atoms with Crippen molar-refractivity contribution in [3.63, 3.8) is 0 Å². The lowest BCUT2D eigenvalue weighted by Gasteiger charge is -2.20. The number of hydrogen-bond acceptors (Lipinski definition) is 4. The van der Waals surface area contributed by atoms with Crippen molar-refractivity contribution in [3.8, 4) is 0 Å². The van der Waals surface area contributed by atoms with Crippen molar-refractivity contribution in [2.75, 3.05) is 23.3 Å². The number of carbonyl (C=O) groups is 2. The van der Waals surface area contributed by atoms with E-state index < -0.39 is 0 Å². The highest BCUT2D eigenvalue weighted by Crippen LogP contribution is 2.14. The van der Waals surface area contributed by atoms with Gasteiger partial charge in [0.1, 0.15) is 5.69 Å². The lowest BCUT2D eigenvalue weighted by Crippen LogP contribution is -2.22. The van der Waals surface area contributed by atoms with Gasteiger partial charge in [0.05, 0.1) is 11.9 Å². The number of amides is 1. The molecule has 0 aliphatic rings. The van der Waals surface area contributed by atoms with Gasteiger partial charge in [-0.25, -0.2) is 4.98 Å². The Balaban J connectivity index is 2.07. The first kappa shape index (κ1) is 16.7. The summed E-state index contributed by atoms with van der Waals surface area (Å²) in [5.74, 6) is -0.275. The molecule has 0 unspecified atom stereocenters. The molecule has 1 N–H and O–H groups in total. The number of rotatable bonds is 6. The number of pyridine rings is 1. The summed E-state index contributed by atoms with van der Waals surface area (Å²) in [6.45, 7) is 7.46. The van der Waals surface area contributed by atoms with E-state index in [1.165, 1.54) is 6.92 Å². The maximum atomic E-state index is 12.2. The SMILES string of the molecule is CCN(CC)c1ccc(C(=O)Nc2ccc(C(C)=O)cc2)nc1. The van der Waals surface area contributed by atoms with Crippen LogP contribution in [0.15, 0.2) is 42.6 Å². The van der Waals surface area contributed by atoms with Crippen LogP contribution in [0.2, 0.25) is 0 Å². The Morgan fingerprint density at radius 3 is 2.17 bits per heavy atom. The topological polar surface area (TPSA) is 62.3 Å². The van der Waals surface area contributed by atoms with Crippen LogP contribution in [0.5, 0.6) is 0 Å². The summed E-state index contributed by atoms with van der Waals surface area (Å²) in [6.07, 6.45) is 1.71. The highest BCUT2D eigenvalue weighted by Gasteiger charge is 2.09. The molecule has 2 rings (SSSR count). The third-order valence-corrected chi connectivity index (χ3v) is 3.66. The van der Waals surface area contributed by atoms with Crippen LogP contribution in [0.25, 0.3) is 0 Å². The van der Waals surface area contributed by atoms with Gasteiger partial charge in [0.25, 0.3) is 5.91 Å². The maximum Gasteiger partial charge on any atom is 0.274 e. The van der Waals surface area contributed by atoms with Gasteiger partial charge in [-0.3, -0.25) is 9.59 Å². The largest absolute Gasteiger partial charge is 0.371 e. The molecule has 23 heavy (non-hydrogen) atoms. The average Bonchev–Trinajstić information content (AvgIpc) is 2.57. The van der Waals surface area contributed by atoms with Crippen molar-refractivity contribution in [1.82, 2.24) is 4.98 Å². The second-order valence-electron chi connectivity index (χ2n) is 5.16. The third-order valence-electron chi connectivity index (χ3n) is 3.66. The first-order valence-corrected chi connectivity index (χ1v) is 7.68. The molecule has 0 radical (unpaired) electrons. The molecule has 120 valence electrons. The minimum absolute atomic E-state index is 0.00321. The van der Waals surface area contributed by atoms with Gasteiger partial charge in [0.2, 0.25) is 0 Å². The second-order valence-corrected chi connectivity index (χ2v) is 5.16. The average molecular weight is 311 g/mol. The van der Waals surface area contributed by atoms with Crippen LogP contribution in [-0.2, 0) is 0 Å². The van der Waals surface area contributed by atoms with Gasteiger partial charge in [0, 0.05) is 24.3 Å². The molecule has 1 aromatic carbocycles. The molecule has 0 aliphatic heterocycles. The fraction of sp³-hybridized carbons (Fsp3) is 0.278. The zero-order chi connectivity index (χ0) is 16.8. The number of ketones is 1. The summed E-state index contributed by atoms with van der Waals surface area (Å²) in [7, 11) is 0. The van der Waals surface area contributed by atoms with Crippen LogP contribution in [0, 0.1) is 0 Å². The summed E-state index contributed by atoms with van der Waals surface area (Å²) in [6, 6.07) is 10.4. The van der Waals surface area contributed by atoms with Gasteiger partial charge in [-0.2, -0.15) is 0 Å². The zero-order valence-electron chi connectivity index (χ0n) is 13.7. The second kappa shape index (κ2) is 7.54. The van der Waals surface area contributed by atoms with E-state index in [1.54, 1.807) is 36.5 Å². The Labute approximate surface area is 136 Å². The van der Waals surface area contributed by atoms with E-state index in [4.69, 9.17) is 0 Å². The minimum atomic E-state index is -0.272. The summed E-state index contributed by atoms with van der Waals surface area (Å²) < 4.78 is 0. The Bertz CT molecular complexity index is 674. The van der Waals surface area contributed by atoms with Crippen molar-refractivity contribution in [2.24, 2.45) is 0 Å². The fourth-order valence-electron chi connectivity index (χ4n) is 2.28. The zero-order valence-corrected chi connectivity index (χ0v) is 13.7. The number of benzene rings is 1. The monoisotopic (exact) mass is 311 g/mol. The minimum Gasteiger partial charge on any atom is -0.371 e. The van der Waals surface area contributed by atoms with Gasteiger partial charge in [-0.15, -0.1) is 0 Å². The van der Waals surface area contributed by atoms with Gasteiger partial charge in [-0.05, 0) is 57.2 Å². The molecule has 0 saturated heterocycles. The normalized spacial score (nSPS) is 10.2. The molecule has 0 bridgehead atoms. The summed E-state index contributed by atoms with van der Waals surface area (Å²) in [4.78, 5) is 29.8. The molecule has 0 aliphatic carbocycles. The van der Waals surface area contributed by atoms with Crippen molar-refractivity contribution >= 4 is 23.1 Å². The van der Waals surface area contributed by atoms with Gasteiger partial charge >= 0.3 is 0 Å². The Hall–Kier alpha value is -2.69. The number of nitrogens with zero attached hydrogens (tertiary/aromatic N) is 2. The Morgan fingerprint density at radius 2 is 1.70 bits per heavy atom. The van der Waals surface area contributed by atoms with Crippen LogP contribution in [0.3, 0.4) is 0 Å². The number of aromatic nitrogens is 1. The van der Waals surface area contributed by atoms with E-state index >= 15 is 0 Å². The Kier molecular flexibility index (Phi) is 5.46. The van der Waals surface area contributed by atoms with Crippen molar-refractivity contribution < 1.29 is 9.59 Å². The molecule has 0 fully saturated rings. The molecule has 2 aromatic rings. The highest BCUT2D eigenvalue weighted by atomic mass is 16.2. The van der Waals surface area contributed by atoms with Crippen molar-refractivity contribution in [2.45, 2.75) is 20.8 Å². The molecule has 0 saturated carbocycles. The molecule has 0 atom stereocenters. The molecule has 1 amide bonds. The predicted octanol–water partition coefficient (Wildman–Crippen LogP) is 3.38. The number of nitrogens with one attached hydrogen (secondary N) is 1. The van der Waals surface area contributed by atoms with Gasteiger partial charge < -0.3 is 10.2 Å². The molecule has 1 heterocycles. The predicted molar refractivity (Wildman–Crippen MR) is 92.2 cm³/mol. The third kappa shape index (κ3) is 4.16. The van der Waals surface area contributed by atoms with Gasteiger partial charge in [-0.1, -0.05) is 0 Å². The lowest BCUT2D eigenvalue weighted by molar-refractivity contribution is 0.101. The first-order chi connectivity index (χ1) is 11.0. The molecular weight excluding hydrogens is 290 g/mol. The van der Waals surface area contributed by atoms with Crippen LogP contribution in [0.4, 0.5) is 11.4 Å². The number of Topliss-reactive ketones (excluding diaryl/α,β-unsaturated/α-hetero) is 1. The van der Waals surface area contributed by atoms with Gasteiger partial charge in [0.15, 0.2) is 5.78 Å². The summed E-state index contributed by atoms with van der Waals surface area (Å²) in [5.41, 5.74) is 2.60. The summed E-state index contributed by atoms with van der Waals surface area (Å²) >= 11 is 0. The first-order valence-electron chi connectivity index (χ1n) is 7.68. The van der Waals surface area contributed by atoms with Crippen LogP contribution in [0.1, 0.15) is 41.6 Å². The van der Waals surface area contributed by atoms with Crippen molar-refractivity contribution in [1.29, 1.82) is 0 Å². The van der Waals surface area contributed by atoms with Crippen LogP contribution < -0.4 is 10.2 Å². The molecular formula is C18H21N3O2.